The number of aryl methyl sites for hydroxylation is 1. The van der Waals surface area contributed by atoms with Crippen molar-refractivity contribution >= 4 is 5.97 Å². The maximum Gasteiger partial charge on any atom is 0.315 e. The second-order valence-electron chi connectivity index (χ2n) is 12.3. The first-order chi connectivity index (χ1) is 18.5. The Morgan fingerprint density at radius 3 is 1.95 bits per heavy atom. The number of hydrogen-bond donors (Lipinski definition) is 0. The molecule has 0 heterocycles. The summed E-state index contributed by atoms with van der Waals surface area (Å²) >= 11 is 0. The molecule has 3 unspecified atom stereocenters. The van der Waals surface area contributed by atoms with E-state index in [2.05, 4.69) is 53.7 Å². The van der Waals surface area contributed by atoms with E-state index in [0.29, 0.717) is 30.6 Å². The van der Waals surface area contributed by atoms with Crippen LogP contribution < -0.4 is 14.2 Å². The van der Waals surface area contributed by atoms with Crippen molar-refractivity contribution in [3.8, 4) is 17.2 Å². The van der Waals surface area contributed by atoms with Crippen molar-refractivity contribution in [3.05, 3.63) is 53.1 Å². The third-order valence-corrected chi connectivity index (χ3v) is 7.27. The predicted octanol–water partition coefficient (Wildman–Crippen LogP) is 7.67. The van der Waals surface area contributed by atoms with Crippen molar-refractivity contribution in [1.29, 1.82) is 0 Å². The average molecular weight is 541 g/mol. The van der Waals surface area contributed by atoms with Gasteiger partial charge in [-0.05, 0) is 62.5 Å². The number of para-hydroxylation sites is 2. The molecular formula is C33H48O6. The topological polar surface area (TPSA) is 63.2 Å². The Labute approximate surface area is 235 Å². The molecule has 2 aromatic carbocycles. The molecule has 2 aromatic rings. The van der Waals surface area contributed by atoms with Gasteiger partial charge in [-0.25, -0.2) is 0 Å². The van der Waals surface area contributed by atoms with Crippen molar-refractivity contribution in [2.24, 2.45) is 17.3 Å². The molecule has 39 heavy (non-hydrogen) atoms. The zero-order valence-electron chi connectivity index (χ0n) is 25.2. The molecule has 3 rings (SSSR count). The van der Waals surface area contributed by atoms with Crippen LogP contribution >= 0.6 is 0 Å². The van der Waals surface area contributed by atoms with Gasteiger partial charge in [0.15, 0.2) is 11.5 Å². The molecule has 0 spiro atoms. The molecule has 0 saturated heterocycles. The largest absolute Gasteiger partial charge is 0.486 e. The van der Waals surface area contributed by atoms with Gasteiger partial charge in [-0.2, -0.15) is 0 Å². The van der Waals surface area contributed by atoms with Gasteiger partial charge in [-0.3, -0.25) is 4.79 Å². The maximum absolute atomic E-state index is 13.3. The van der Waals surface area contributed by atoms with Crippen LogP contribution in [0.1, 0.15) is 83.4 Å². The fourth-order valence-corrected chi connectivity index (χ4v) is 5.34. The van der Waals surface area contributed by atoms with Crippen LogP contribution in [-0.2, 0) is 27.5 Å². The summed E-state index contributed by atoms with van der Waals surface area (Å²) in [6.45, 7) is 13.5. The van der Waals surface area contributed by atoms with Gasteiger partial charge < -0.3 is 23.7 Å². The predicted molar refractivity (Wildman–Crippen MR) is 154 cm³/mol. The molecule has 0 radical (unpaired) electrons. The molecule has 0 aliphatic heterocycles. The lowest BCUT2D eigenvalue weighted by molar-refractivity contribution is -0.143. The van der Waals surface area contributed by atoms with Crippen LogP contribution in [-0.4, -0.2) is 32.4 Å². The Balaban J connectivity index is 1.84. The minimum absolute atomic E-state index is 0.153. The first-order valence-electron chi connectivity index (χ1n) is 14.3. The van der Waals surface area contributed by atoms with Crippen molar-refractivity contribution in [3.63, 3.8) is 0 Å². The van der Waals surface area contributed by atoms with Crippen LogP contribution in [0.5, 0.6) is 17.2 Å². The molecular weight excluding hydrogens is 492 g/mol. The third kappa shape index (κ3) is 8.71. The number of carbonyl (C=O) groups is 1. The summed E-state index contributed by atoms with van der Waals surface area (Å²) in [5, 5.41) is 0. The summed E-state index contributed by atoms with van der Waals surface area (Å²) in [6.07, 6.45) is 4.29. The highest BCUT2D eigenvalue weighted by Crippen LogP contribution is 2.37. The van der Waals surface area contributed by atoms with Crippen LogP contribution in [0.25, 0.3) is 0 Å². The van der Waals surface area contributed by atoms with E-state index >= 15 is 0 Å². The van der Waals surface area contributed by atoms with Crippen LogP contribution in [0.3, 0.4) is 0 Å². The number of rotatable bonds is 12. The van der Waals surface area contributed by atoms with Crippen molar-refractivity contribution in [2.45, 2.75) is 99.1 Å². The normalized spacial score (nSPS) is 18.6. The van der Waals surface area contributed by atoms with E-state index in [0.717, 1.165) is 54.5 Å². The van der Waals surface area contributed by atoms with E-state index in [1.54, 1.807) is 14.2 Å². The van der Waals surface area contributed by atoms with Gasteiger partial charge in [0, 0.05) is 25.3 Å². The summed E-state index contributed by atoms with van der Waals surface area (Å²) in [5.41, 5.74) is 2.94. The molecule has 6 heteroatoms. The number of ether oxygens (including phenoxy) is 5. The van der Waals surface area contributed by atoms with E-state index in [1.807, 2.05) is 24.3 Å². The molecule has 0 amide bonds. The third-order valence-electron chi connectivity index (χ3n) is 7.27. The van der Waals surface area contributed by atoms with E-state index in [1.165, 1.54) is 0 Å². The van der Waals surface area contributed by atoms with Crippen molar-refractivity contribution in [1.82, 2.24) is 0 Å². The van der Waals surface area contributed by atoms with Gasteiger partial charge in [0.25, 0.3) is 0 Å². The van der Waals surface area contributed by atoms with Gasteiger partial charge in [-0.1, -0.05) is 64.4 Å². The first-order valence-corrected chi connectivity index (χ1v) is 14.3. The minimum atomic E-state index is -0.212. The average Bonchev–Trinajstić information content (AvgIpc) is 2.86. The summed E-state index contributed by atoms with van der Waals surface area (Å²) in [7, 11) is 3.39. The van der Waals surface area contributed by atoms with Crippen molar-refractivity contribution < 1.29 is 28.5 Å². The number of benzene rings is 2. The second-order valence-corrected chi connectivity index (χ2v) is 12.3. The quantitative estimate of drug-likeness (QED) is 0.203. The van der Waals surface area contributed by atoms with E-state index in [4.69, 9.17) is 23.7 Å². The zero-order chi connectivity index (χ0) is 28.6. The summed E-state index contributed by atoms with van der Waals surface area (Å²) < 4.78 is 30.3. The van der Waals surface area contributed by atoms with Gasteiger partial charge in [-0.15, -0.1) is 0 Å². The summed E-state index contributed by atoms with van der Waals surface area (Å²) in [6, 6.07) is 11.7. The number of hydrogen-bond acceptors (Lipinski definition) is 6. The molecule has 1 aliphatic rings. The molecule has 0 aromatic heterocycles. The Bertz CT molecular complexity index is 1040. The first kappa shape index (κ1) is 31.0. The lowest BCUT2D eigenvalue weighted by Gasteiger charge is -2.34. The van der Waals surface area contributed by atoms with Gasteiger partial charge in [0.05, 0.1) is 19.1 Å². The highest BCUT2D eigenvalue weighted by atomic mass is 16.6. The number of methoxy groups -OCH3 is 2. The van der Waals surface area contributed by atoms with E-state index in [9.17, 15) is 4.79 Å². The van der Waals surface area contributed by atoms with Gasteiger partial charge in [0.1, 0.15) is 18.0 Å². The summed E-state index contributed by atoms with van der Waals surface area (Å²) in [5.74, 6) is 1.81. The Kier molecular flexibility index (Phi) is 11.3. The highest BCUT2D eigenvalue weighted by Gasteiger charge is 2.35. The Morgan fingerprint density at radius 1 is 0.897 bits per heavy atom. The molecule has 1 aliphatic carbocycles. The lowest BCUT2D eigenvalue weighted by atomic mass is 9.76. The molecule has 0 N–H and O–H groups in total. The second kappa shape index (κ2) is 14.2. The lowest BCUT2D eigenvalue weighted by Crippen LogP contribution is -2.39. The van der Waals surface area contributed by atoms with Crippen LogP contribution in [0.4, 0.5) is 0 Å². The van der Waals surface area contributed by atoms with Crippen LogP contribution in [0.2, 0.25) is 0 Å². The Hall–Kier alpha value is -2.57. The number of carbonyl (C=O) groups excluding carboxylic acids is 1. The van der Waals surface area contributed by atoms with E-state index in [-0.39, 0.29) is 29.5 Å². The molecule has 1 fully saturated rings. The molecule has 6 nitrogen and oxygen atoms in total. The van der Waals surface area contributed by atoms with E-state index < -0.39 is 0 Å². The zero-order valence-corrected chi connectivity index (χ0v) is 25.2. The fourth-order valence-electron chi connectivity index (χ4n) is 5.34. The highest BCUT2D eigenvalue weighted by molar-refractivity contribution is 5.76. The van der Waals surface area contributed by atoms with Gasteiger partial charge in [0.2, 0.25) is 0 Å². The number of esters is 1. The van der Waals surface area contributed by atoms with Crippen LogP contribution in [0, 0.1) is 24.2 Å². The standard InChI is InChI=1S/C33H48O6/c1-22(2)17-26(33(4,5)6)32(34)39-30-16-12-10-14-28(30)37-27-13-9-11-15-29(27)38-31-24(20-35-7)18-23(3)19-25(31)21-36-8/h10,12,14,16,18-19,22,26-27,29H,9,11,13,15,17,20-21H2,1-8H3. The van der Waals surface area contributed by atoms with Crippen LogP contribution in [0.15, 0.2) is 36.4 Å². The van der Waals surface area contributed by atoms with Crippen molar-refractivity contribution in [2.75, 3.05) is 14.2 Å². The maximum atomic E-state index is 13.3. The van der Waals surface area contributed by atoms with Gasteiger partial charge >= 0.3 is 5.97 Å². The minimum Gasteiger partial charge on any atom is -0.486 e. The SMILES string of the molecule is COCc1cc(C)cc(COC)c1OC1CCCCC1Oc1ccccc1OC(=O)C(CC(C)C)C(C)(C)C. The molecule has 0 bridgehead atoms. The smallest absolute Gasteiger partial charge is 0.315 e. The molecule has 216 valence electrons. The summed E-state index contributed by atoms with van der Waals surface area (Å²) in [4.78, 5) is 13.3. The Morgan fingerprint density at radius 2 is 1.44 bits per heavy atom. The monoisotopic (exact) mass is 540 g/mol. The molecule has 1 saturated carbocycles. The molecule has 3 atom stereocenters. The fraction of sp³-hybridized carbons (Fsp3) is 0.606.